The fourth-order valence-electron chi connectivity index (χ4n) is 1.17. The Bertz CT molecular complexity index is 451. The molecule has 2 aromatic rings. The standard InChI is InChI=1S/C10H5ClF2O/c11-10-7(9-2-1-3-14-9)4-6(12)5-8(10)13/h1-5H. The van der Waals surface area contributed by atoms with Crippen molar-refractivity contribution < 1.29 is 13.2 Å². The Labute approximate surface area is 83.9 Å². The van der Waals surface area contributed by atoms with Crippen molar-refractivity contribution in [3.63, 3.8) is 0 Å². The second-order valence-corrected chi connectivity index (χ2v) is 3.10. The summed E-state index contributed by atoms with van der Waals surface area (Å²) in [5, 5.41) is -0.138. The first-order valence-corrected chi connectivity index (χ1v) is 4.24. The van der Waals surface area contributed by atoms with Crippen LogP contribution in [0.15, 0.2) is 34.9 Å². The van der Waals surface area contributed by atoms with E-state index in [1.807, 2.05) is 0 Å². The van der Waals surface area contributed by atoms with Gasteiger partial charge in [-0.2, -0.15) is 0 Å². The molecule has 0 aliphatic heterocycles. The number of hydrogen-bond acceptors (Lipinski definition) is 1. The van der Waals surface area contributed by atoms with Gasteiger partial charge in [-0.05, 0) is 18.2 Å². The molecule has 2 rings (SSSR count). The first kappa shape index (κ1) is 9.21. The van der Waals surface area contributed by atoms with Crippen LogP contribution in [0, 0.1) is 11.6 Å². The minimum Gasteiger partial charge on any atom is -0.464 e. The molecule has 0 saturated heterocycles. The zero-order valence-electron chi connectivity index (χ0n) is 6.93. The van der Waals surface area contributed by atoms with Crippen molar-refractivity contribution in [2.24, 2.45) is 0 Å². The Morgan fingerprint density at radius 3 is 2.64 bits per heavy atom. The van der Waals surface area contributed by atoms with Crippen LogP contribution in [-0.2, 0) is 0 Å². The van der Waals surface area contributed by atoms with Crippen LogP contribution >= 0.6 is 11.6 Å². The van der Waals surface area contributed by atoms with Gasteiger partial charge in [0.2, 0.25) is 0 Å². The Morgan fingerprint density at radius 2 is 2.00 bits per heavy atom. The molecular weight excluding hydrogens is 210 g/mol. The SMILES string of the molecule is Fc1cc(F)c(Cl)c(-c2ccco2)c1. The predicted octanol–water partition coefficient (Wildman–Crippen LogP) is 3.88. The monoisotopic (exact) mass is 214 g/mol. The van der Waals surface area contributed by atoms with E-state index in [1.54, 1.807) is 12.1 Å². The molecule has 1 nitrogen and oxygen atoms in total. The fraction of sp³-hybridized carbons (Fsp3) is 0. The van der Waals surface area contributed by atoms with Gasteiger partial charge in [0.05, 0.1) is 11.3 Å². The van der Waals surface area contributed by atoms with Crippen molar-refractivity contribution in [1.29, 1.82) is 0 Å². The van der Waals surface area contributed by atoms with Crippen LogP contribution in [-0.4, -0.2) is 0 Å². The largest absolute Gasteiger partial charge is 0.464 e. The maximum Gasteiger partial charge on any atom is 0.145 e. The van der Waals surface area contributed by atoms with Crippen LogP contribution in [0.2, 0.25) is 5.02 Å². The van der Waals surface area contributed by atoms with Crippen LogP contribution < -0.4 is 0 Å². The van der Waals surface area contributed by atoms with E-state index in [2.05, 4.69) is 0 Å². The summed E-state index contributed by atoms with van der Waals surface area (Å²) in [6, 6.07) is 5.06. The van der Waals surface area contributed by atoms with Gasteiger partial charge in [-0.3, -0.25) is 0 Å². The summed E-state index contributed by atoms with van der Waals surface area (Å²) in [4.78, 5) is 0. The lowest BCUT2D eigenvalue weighted by atomic mass is 10.1. The predicted molar refractivity (Wildman–Crippen MR) is 49.1 cm³/mol. The van der Waals surface area contributed by atoms with E-state index in [4.69, 9.17) is 16.0 Å². The highest BCUT2D eigenvalue weighted by Gasteiger charge is 2.12. The first-order chi connectivity index (χ1) is 6.68. The molecule has 0 spiro atoms. The lowest BCUT2D eigenvalue weighted by molar-refractivity contribution is 0.569. The molecule has 14 heavy (non-hydrogen) atoms. The van der Waals surface area contributed by atoms with Crippen molar-refractivity contribution >= 4 is 11.6 Å². The van der Waals surface area contributed by atoms with Gasteiger partial charge in [0, 0.05) is 11.6 Å². The Kier molecular flexibility index (Phi) is 2.25. The quantitative estimate of drug-likeness (QED) is 0.657. The van der Waals surface area contributed by atoms with E-state index in [0.717, 1.165) is 12.1 Å². The molecule has 0 radical (unpaired) electrons. The minimum absolute atomic E-state index is 0.138. The third-order valence-corrected chi connectivity index (χ3v) is 2.16. The van der Waals surface area contributed by atoms with Crippen LogP contribution in [0.3, 0.4) is 0 Å². The molecule has 0 unspecified atom stereocenters. The van der Waals surface area contributed by atoms with Gasteiger partial charge in [0.25, 0.3) is 0 Å². The number of furan rings is 1. The Morgan fingerprint density at radius 1 is 1.21 bits per heavy atom. The molecule has 0 aliphatic rings. The normalized spacial score (nSPS) is 10.5. The molecule has 0 bridgehead atoms. The molecule has 1 heterocycles. The van der Waals surface area contributed by atoms with E-state index < -0.39 is 11.6 Å². The van der Waals surface area contributed by atoms with Crippen LogP contribution in [0.25, 0.3) is 11.3 Å². The minimum atomic E-state index is -0.793. The van der Waals surface area contributed by atoms with E-state index in [0.29, 0.717) is 5.76 Å². The number of halogens is 3. The highest BCUT2D eigenvalue weighted by Crippen LogP contribution is 2.31. The van der Waals surface area contributed by atoms with E-state index in [1.165, 1.54) is 6.26 Å². The van der Waals surface area contributed by atoms with E-state index in [-0.39, 0.29) is 10.6 Å². The fourth-order valence-corrected chi connectivity index (χ4v) is 1.37. The summed E-state index contributed by atoms with van der Waals surface area (Å²) in [5.41, 5.74) is 0.217. The third-order valence-electron chi connectivity index (χ3n) is 1.78. The van der Waals surface area contributed by atoms with Gasteiger partial charge in [0.15, 0.2) is 0 Å². The molecule has 0 atom stereocenters. The van der Waals surface area contributed by atoms with Gasteiger partial charge in [-0.25, -0.2) is 8.78 Å². The number of benzene rings is 1. The van der Waals surface area contributed by atoms with Gasteiger partial charge in [-0.15, -0.1) is 0 Å². The zero-order valence-corrected chi connectivity index (χ0v) is 7.68. The Hall–Kier alpha value is -1.35. The average molecular weight is 215 g/mol. The highest BCUT2D eigenvalue weighted by atomic mass is 35.5. The smallest absolute Gasteiger partial charge is 0.145 e. The first-order valence-electron chi connectivity index (χ1n) is 3.87. The van der Waals surface area contributed by atoms with Gasteiger partial charge < -0.3 is 4.42 Å². The average Bonchev–Trinajstić information content (AvgIpc) is 2.63. The molecule has 1 aromatic heterocycles. The second kappa shape index (κ2) is 3.42. The molecule has 0 amide bonds. The van der Waals surface area contributed by atoms with Crippen LogP contribution in [0.4, 0.5) is 8.78 Å². The number of hydrogen-bond donors (Lipinski definition) is 0. The van der Waals surface area contributed by atoms with Crippen LogP contribution in [0.1, 0.15) is 0 Å². The summed E-state index contributed by atoms with van der Waals surface area (Å²) < 4.78 is 30.9. The zero-order chi connectivity index (χ0) is 10.1. The molecular formula is C10H5ClF2O. The summed E-state index contributed by atoms with van der Waals surface area (Å²) in [7, 11) is 0. The summed E-state index contributed by atoms with van der Waals surface area (Å²) in [6.45, 7) is 0. The van der Waals surface area contributed by atoms with Crippen LogP contribution in [0.5, 0.6) is 0 Å². The Balaban J connectivity index is 2.64. The molecule has 0 N–H and O–H groups in total. The van der Waals surface area contributed by atoms with Gasteiger partial charge >= 0.3 is 0 Å². The summed E-state index contributed by atoms with van der Waals surface area (Å²) in [5.74, 6) is -1.13. The molecule has 0 fully saturated rings. The van der Waals surface area contributed by atoms with Crippen molar-refractivity contribution in [2.75, 3.05) is 0 Å². The van der Waals surface area contributed by atoms with Gasteiger partial charge in [-0.1, -0.05) is 11.6 Å². The maximum absolute atomic E-state index is 13.0. The van der Waals surface area contributed by atoms with E-state index >= 15 is 0 Å². The summed E-state index contributed by atoms with van der Waals surface area (Å²) in [6.07, 6.45) is 1.41. The molecule has 0 aliphatic carbocycles. The number of rotatable bonds is 1. The van der Waals surface area contributed by atoms with Crippen molar-refractivity contribution in [2.45, 2.75) is 0 Å². The summed E-state index contributed by atoms with van der Waals surface area (Å²) >= 11 is 5.65. The van der Waals surface area contributed by atoms with Crippen molar-refractivity contribution in [3.8, 4) is 11.3 Å². The van der Waals surface area contributed by atoms with E-state index in [9.17, 15) is 8.78 Å². The van der Waals surface area contributed by atoms with Gasteiger partial charge in [0.1, 0.15) is 17.4 Å². The maximum atomic E-state index is 13.0. The molecule has 0 saturated carbocycles. The third kappa shape index (κ3) is 1.51. The lowest BCUT2D eigenvalue weighted by Gasteiger charge is -2.01. The molecule has 4 heteroatoms. The second-order valence-electron chi connectivity index (χ2n) is 2.73. The topological polar surface area (TPSA) is 13.1 Å². The van der Waals surface area contributed by atoms with Crippen molar-refractivity contribution in [1.82, 2.24) is 0 Å². The highest BCUT2D eigenvalue weighted by molar-refractivity contribution is 6.33. The molecule has 72 valence electrons. The van der Waals surface area contributed by atoms with Crippen molar-refractivity contribution in [3.05, 3.63) is 47.2 Å². The molecule has 1 aromatic carbocycles. The lowest BCUT2D eigenvalue weighted by Crippen LogP contribution is -1.85.